The molecule has 0 spiro atoms. The number of aromatic nitrogens is 5. The van der Waals surface area contributed by atoms with Crippen molar-refractivity contribution in [2.45, 2.75) is 52.1 Å². The molecule has 2 aromatic rings. The third-order valence-corrected chi connectivity index (χ3v) is 2.82. The molecule has 0 aromatic carbocycles. The van der Waals surface area contributed by atoms with Crippen LogP contribution >= 0.6 is 0 Å². The van der Waals surface area contributed by atoms with Crippen LogP contribution in [0.2, 0.25) is 0 Å². The van der Waals surface area contributed by atoms with Crippen LogP contribution in [0.5, 0.6) is 0 Å². The van der Waals surface area contributed by atoms with Gasteiger partial charge in [0, 0.05) is 5.92 Å². The fraction of sp³-hybridized carbons (Fsp3) is 0.667. The van der Waals surface area contributed by atoms with Gasteiger partial charge in [-0.2, -0.15) is 4.98 Å². The van der Waals surface area contributed by atoms with E-state index in [1.54, 1.807) is 4.68 Å². The van der Waals surface area contributed by atoms with Gasteiger partial charge in [-0.3, -0.25) is 0 Å². The Morgan fingerprint density at radius 1 is 1.42 bits per heavy atom. The fourth-order valence-electron chi connectivity index (χ4n) is 1.73. The first-order chi connectivity index (χ1) is 9.10. The minimum atomic E-state index is -0.0600. The van der Waals surface area contributed by atoms with Gasteiger partial charge in [0.05, 0.1) is 17.9 Å². The lowest BCUT2D eigenvalue weighted by atomic mass is 10.1. The van der Waals surface area contributed by atoms with Crippen LogP contribution in [-0.2, 0) is 6.54 Å². The summed E-state index contributed by atoms with van der Waals surface area (Å²) in [4.78, 5) is 4.30. The van der Waals surface area contributed by atoms with E-state index in [1.165, 1.54) is 0 Å². The van der Waals surface area contributed by atoms with Crippen LogP contribution in [0.25, 0.3) is 0 Å². The molecular formula is C12H20N6O. The largest absolute Gasteiger partial charge is 0.339 e. The molecule has 0 saturated heterocycles. The average Bonchev–Trinajstić information content (AvgIpc) is 2.99. The topological polar surface area (TPSA) is 95.7 Å². The molecule has 1 unspecified atom stereocenters. The van der Waals surface area contributed by atoms with Crippen LogP contribution < -0.4 is 5.73 Å². The van der Waals surface area contributed by atoms with Crippen molar-refractivity contribution in [2.75, 3.05) is 0 Å². The molecule has 1 atom stereocenters. The molecule has 0 aliphatic heterocycles. The first-order valence-electron chi connectivity index (χ1n) is 6.58. The van der Waals surface area contributed by atoms with Gasteiger partial charge in [-0.1, -0.05) is 37.6 Å². The standard InChI is InChI=1S/C12H20N6O/c1-4-5-9(13)10-6-18(17-15-10)7-11-14-12(8(2)3)19-16-11/h6,8-9H,4-5,7,13H2,1-3H3. The van der Waals surface area contributed by atoms with Gasteiger partial charge in [0.1, 0.15) is 6.54 Å². The van der Waals surface area contributed by atoms with Crippen molar-refractivity contribution in [3.63, 3.8) is 0 Å². The van der Waals surface area contributed by atoms with Gasteiger partial charge < -0.3 is 10.3 Å². The first-order valence-corrected chi connectivity index (χ1v) is 6.58. The SMILES string of the molecule is CCCC(N)c1cn(Cc2noc(C(C)C)n2)nn1. The molecule has 2 N–H and O–H groups in total. The second-order valence-corrected chi connectivity index (χ2v) is 4.94. The second-order valence-electron chi connectivity index (χ2n) is 4.94. The van der Waals surface area contributed by atoms with Crippen molar-refractivity contribution in [3.05, 3.63) is 23.6 Å². The van der Waals surface area contributed by atoms with E-state index in [-0.39, 0.29) is 12.0 Å². The summed E-state index contributed by atoms with van der Waals surface area (Å²) in [6.45, 7) is 6.56. The first kappa shape index (κ1) is 13.7. The molecule has 7 heteroatoms. The van der Waals surface area contributed by atoms with E-state index in [1.807, 2.05) is 20.0 Å². The van der Waals surface area contributed by atoms with Gasteiger partial charge in [-0.25, -0.2) is 4.68 Å². The van der Waals surface area contributed by atoms with Crippen LogP contribution in [0.1, 0.15) is 63.0 Å². The minimum Gasteiger partial charge on any atom is -0.339 e. The van der Waals surface area contributed by atoms with Crippen LogP contribution in [0.15, 0.2) is 10.7 Å². The van der Waals surface area contributed by atoms with E-state index in [0.717, 1.165) is 18.5 Å². The molecule has 104 valence electrons. The molecule has 2 heterocycles. The molecule has 0 aliphatic carbocycles. The zero-order valence-corrected chi connectivity index (χ0v) is 11.6. The molecule has 0 bridgehead atoms. The molecule has 7 nitrogen and oxygen atoms in total. The predicted octanol–water partition coefficient (Wildman–Crippen LogP) is 1.63. The quantitative estimate of drug-likeness (QED) is 0.852. The molecule has 0 saturated carbocycles. The van der Waals surface area contributed by atoms with Crippen molar-refractivity contribution < 1.29 is 4.52 Å². The van der Waals surface area contributed by atoms with Gasteiger partial charge >= 0.3 is 0 Å². The zero-order valence-electron chi connectivity index (χ0n) is 11.6. The lowest BCUT2D eigenvalue weighted by molar-refractivity contribution is 0.359. The van der Waals surface area contributed by atoms with Crippen molar-refractivity contribution in [1.29, 1.82) is 0 Å². The molecular weight excluding hydrogens is 244 g/mol. The summed E-state index contributed by atoms with van der Waals surface area (Å²) in [6.07, 6.45) is 3.76. The number of nitrogens with two attached hydrogens (primary N) is 1. The van der Waals surface area contributed by atoms with Crippen molar-refractivity contribution in [3.8, 4) is 0 Å². The summed E-state index contributed by atoms with van der Waals surface area (Å²) in [7, 11) is 0. The number of nitrogens with zero attached hydrogens (tertiary/aromatic N) is 5. The summed E-state index contributed by atoms with van der Waals surface area (Å²) in [5.74, 6) is 1.47. The summed E-state index contributed by atoms with van der Waals surface area (Å²) < 4.78 is 6.82. The van der Waals surface area contributed by atoms with Crippen LogP contribution in [0, 0.1) is 0 Å². The highest BCUT2D eigenvalue weighted by Gasteiger charge is 2.13. The van der Waals surface area contributed by atoms with Gasteiger partial charge in [-0.05, 0) is 6.42 Å². The smallest absolute Gasteiger partial charge is 0.229 e. The molecule has 0 aliphatic rings. The second kappa shape index (κ2) is 5.92. The maximum absolute atomic E-state index is 5.99. The number of rotatable bonds is 6. The van der Waals surface area contributed by atoms with Gasteiger partial charge in [-0.15, -0.1) is 5.10 Å². The van der Waals surface area contributed by atoms with Crippen LogP contribution in [-0.4, -0.2) is 25.1 Å². The lowest BCUT2D eigenvalue weighted by Crippen LogP contribution is -2.10. The summed E-state index contributed by atoms with van der Waals surface area (Å²) in [5.41, 5.74) is 6.79. The Morgan fingerprint density at radius 2 is 2.21 bits per heavy atom. The van der Waals surface area contributed by atoms with E-state index in [0.29, 0.717) is 18.3 Å². The maximum atomic E-state index is 5.99. The van der Waals surface area contributed by atoms with E-state index in [9.17, 15) is 0 Å². The molecule has 2 aromatic heterocycles. The minimum absolute atomic E-state index is 0.0600. The Balaban J connectivity index is 2.02. The third kappa shape index (κ3) is 3.37. The fourth-order valence-corrected chi connectivity index (χ4v) is 1.73. The number of hydrogen-bond donors (Lipinski definition) is 1. The summed E-state index contributed by atoms with van der Waals surface area (Å²) in [5, 5.41) is 12.0. The normalized spacial score (nSPS) is 13.1. The Hall–Kier alpha value is -1.76. The predicted molar refractivity (Wildman–Crippen MR) is 69.3 cm³/mol. The molecule has 0 amide bonds. The Kier molecular flexibility index (Phi) is 4.26. The Bertz CT molecular complexity index is 518. The van der Waals surface area contributed by atoms with E-state index < -0.39 is 0 Å². The van der Waals surface area contributed by atoms with Gasteiger partial charge in [0.2, 0.25) is 5.89 Å². The zero-order chi connectivity index (χ0) is 13.8. The third-order valence-electron chi connectivity index (χ3n) is 2.82. The van der Waals surface area contributed by atoms with E-state index in [4.69, 9.17) is 10.3 Å². The Morgan fingerprint density at radius 3 is 2.84 bits per heavy atom. The monoisotopic (exact) mass is 264 g/mol. The lowest BCUT2D eigenvalue weighted by Gasteiger charge is -2.04. The highest BCUT2D eigenvalue weighted by molar-refractivity contribution is 5.00. The molecule has 19 heavy (non-hydrogen) atoms. The van der Waals surface area contributed by atoms with Crippen molar-refractivity contribution >= 4 is 0 Å². The molecule has 0 radical (unpaired) electrons. The van der Waals surface area contributed by atoms with Gasteiger partial charge in [0.15, 0.2) is 5.82 Å². The maximum Gasteiger partial charge on any atom is 0.229 e. The van der Waals surface area contributed by atoms with Crippen LogP contribution in [0.3, 0.4) is 0 Å². The highest BCUT2D eigenvalue weighted by Crippen LogP contribution is 2.13. The molecule has 0 fully saturated rings. The van der Waals surface area contributed by atoms with E-state index >= 15 is 0 Å². The van der Waals surface area contributed by atoms with Gasteiger partial charge in [0.25, 0.3) is 0 Å². The van der Waals surface area contributed by atoms with Crippen molar-refractivity contribution in [2.24, 2.45) is 5.73 Å². The summed E-state index contributed by atoms with van der Waals surface area (Å²) >= 11 is 0. The number of hydrogen-bond acceptors (Lipinski definition) is 6. The highest BCUT2D eigenvalue weighted by atomic mass is 16.5. The molecule has 2 rings (SSSR count). The Labute approximate surface area is 112 Å². The summed E-state index contributed by atoms with van der Waals surface area (Å²) in [6, 6.07) is -0.0600. The van der Waals surface area contributed by atoms with Crippen molar-refractivity contribution in [1.82, 2.24) is 25.1 Å². The van der Waals surface area contributed by atoms with Crippen LogP contribution in [0.4, 0.5) is 0 Å². The van der Waals surface area contributed by atoms with E-state index in [2.05, 4.69) is 27.4 Å². The average molecular weight is 264 g/mol.